The molecule has 0 spiro atoms. The van der Waals surface area contributed by atoms with Crippen LogP contribution < -0.4 is 4.74 Å². The van der Waals surface area contributed by atoms with Gasteiger partial charge in [0.25, 0.3) is 0 Å². The molecule has 2 heteroatoms. The molecule has 0 N–H and O–H groups in total. The molecule has 0 bridgehead atoms. The fraction of sp³-hybridized carbons (Fsp3) is 0.222. The summed E-state index contributed by atoms with van der Waals surface area (Å²) in [4.78, 5) is 0. The van der Waals surface area contributed by atoms with Crippen molar-refractivity contribution in [3.05, 3.63) is 54.6 Å². The SMILES string of the molecule is C[Si](C)(C)COc1cc2ccccc2c2ccccc12. The molecule has 0 aromatic heterocycles. The van der Waals surface area contributed by atoms with E-state index in [9.17, 15) is 0 Å². The van der Waals surface area contributed by atoms with Gasteiger partial charge in [-0.3, -0.25) is 0 Å². The van der Waals surface area contributed by atoms with Crippen molar-refractivity contribution in [3.8, 4) is 5.75 Å². The molecule has 0 unspecified atom stereocenters. The number of benzene rings is 3. The normalized spacial score (nSPS) is 11.9. The van der Waals surface area contributed by atoms with Gasteiger partial charge in [-0.2, -0.15) is 0 Å². The molecule has 1 nitrogen and oxygen atoms in total. The molecule has 0 aliphatic heterocycles. The summed E-state index contributed by atoms with van der Waals surface area (Å²) in [5, 5.41) is 5.03. The van der Waals surface area contributed by atoms with E-state index in [-0.39, 0.29) is 0 Å². The first kappa shape index (κ1) is 13.2. The van der Waals surface area contributed by atoms with E-state index in [2.05, 4.69) is 74.2 Å². The standard InChI is InChI=1S/C18H20OSi/c1-20(2,3)13-19-18-12-14-8-4-5-9-15(14)16-10-6-7-11-17(16)18/h4-12H,13H2,1-3H3. The maximum absolute atomic E-state index is 6.15. The van der Waals surface area contributed by atoms with Crippen molar-refractivity contribution < 1.29 is 4.74 Å². The zero-order chi connectivity index (χ0) is 14.2. The minimum absolute atomic E-state index is 0.856. The van der Waals surface area contributed by atoms with Crippen molar-refractivity contribution in [2.75, 3.05) is 6.23 Å². The smallest absolute Gasteiger partial charge is 0.127 e. The molecule has 0 aliphatic carbocycles. The molecular weight excluding hydrogens is 260 g/mol. The van der Waals surface area contributed by atoms with Gasteiger partial charge in [0, 0.05) is 5.39 Å². The molecular formula is C18H20OSi. The number of fused-ring (bicyclic) bond motifs is 3. The van der Waals surface area contributed by atoms with Crippen LogP contribution in [0.1, 0.15) is 0 Å². The number of hydrogen-bond donors (Lipinski definition) is 0. The van der Waals surface area contributed by atoms with Crippen LogP contribution in [0.3, 0.4) is 0 Å². The van der Waals surface area contributed by atoms with Crippen LogP contribution in [0.15, 0.2) is 54.6 Å². The lowest BCUT2D eigenvalue weighted by molar-refractivity contribution is 0.383. The maximum Gasteiger partial charge on any atom is 0.127 e. The van der Waals surface area contributed by atoms with Crippen LogP contribution in [0, 0.1) is 0 Å². The largest absolute Gasteiger partial charge is 0.497 e. The summed E-state index contributed by atoms with van der Waals surface area (Å²) in [7, 11) is -1.22. The second-order valence-electron chi connectivity index (χ2n) is 6.49. The van der Waals surface area contributed by atoms with Crippen LogP contribution in [0.4, 0.5) is 0 Å². The molecule has 0 saturated carbocycles. The van der Waals surface area contributed by atoms with E-state index in [1.165, 1.54) is 21.5 Å². The number of rotatable bonds is 3. The van der Waals surface area contributed by atoms with E-state index in [0.717, 1.165) is 12.0 Å². The number of ether oxygens (including phenoxy) is 1. The Hall–Kier alpha value is -1.80. The Bertz CT molecular complexity index is 756. The van der Waals surface area contributed by atoms with Crippen LogP contribution in [0.25, 0.3) is 21.5 Å². The lowest BCUT2D eigenvalue weighted by Gasteiger charge is -2.18. The van der Waals surface area contributed by atoms with Crippen molar-refractivity contribution in [1.82, 2.24) is 0 Å². The summed E-state index contributed by atoms with van der Waals surface area (Å²) in [5.74, 6) is 1.02. The third-order valence-corrected chi connectivity index (χ3v) is 4.40. The maximum atomic E-state index is 6.15. The van der Waals surface area contributed by atoms with Crippen molar-refractivity contribution >= 4 is 29.6 Å². The second-order valence-corrected chi connectivity index (χ2v) is 11.9. The van der Waals surface area contributed by atoms with Crippen LogP contribution in [-0.2, 0) is 0 Å². The van der Waals surface area contributed by atoms with Gasteiger partial charge >= 0.3 is 0 Å². The predicted molar refractivity (Wildman–Crippen MR) is 90.3 cm³/mol. The minimum atomic E-state index is -1.22. The van der Waals surface area contributed by atoms with E-state index >= 15 is 0 Å². The van der Waals surface area contributed by atoms with E-state index in [1.807, 2.05) is 0 Å². The second kappa shape index (κ2) is 4.95. The molecule has 0 heterocycles. The van der Waals surface area contributed by atoms with E-state index < -0.39 is 8.07 Å². The Balaban J connectivity index is 2.19. The van der Waals surface area contributed by atoms with Crippen molar-refractivity contribution in [1.29, 1.82) is 0 Å². The molecule has 3 rings (SSSR count). The van der Waals surface area contributed by atoms with Gasteiger partial charge in [-0.25, -0.2) is 0 Å². The first-order valence-corrected chi connectivity index (χ1v) is 10.8. The lowest BCUT2D eigenvalue weighted by atomic mass is 10.0. The molecule has 0 atom stereocenters. The topological polar surface area (TPSA) is 9.23 Å². The highest BCUT2D eigenvalue weighted by atomic mass is 28.3. The molecule has 102 valence electrons. The van der Waals surface area contributed by atoms with E-state index in [1.54, 1.807) is 0 Å². The van der Waals surface area contributed by atoms with Crippen LogP contribution in [0.5, 0.6) is 5.75 Å². The molecule has 20 heavy (non-hydrogen) atoms. The van der Waals surface area contributed by atoms with Crippen LogP contribution in [-0.4, -0.2) is 14.3 Å². The Labute approximate surface area is 121 Å². The third-order valence-electron chi connectivity index (χ3n) is 3.39. The number of hydrogen-bond acceptors (Lipinski definition) is 1. The average Bonchev–Trinajstić information content (AvgIpc) is 2.44. The van der Waals surface area contributed by atoms with E-state index in [0.29, 0.717) is 0 Å². The van der Waals surface area contributed by atoms with Gasteiger partial charge in [-0.15, -0.1) is 0 Å². The fourth-order valence-corrected chi connectivity index (χ4v) is 3.02. The monoisotopic (exact) mass is 280 g/mol. The molecule has 0 saturated heterocycles. The summed E-state index contributed by atoms with van der Waals surface area (Å²) >= 11 is 0. The van der Waals surface area contributed by atoms with Gasteiger partial charge in [-0.1, -0.05) is 68.2 Å². The summed E-state index contributed by atoms with van der Waals surface area (Å²) in [5.41, 5.74) is 0. The van der Waals surface area contributed by atoms with Gasteiger partial charge in [0.2, 0.25) is 0 Å². The Morgan fingerprint density at radius 3 is 2.10 bits per heavy atom. The van der Waals surface area contributed by atoms with Crippen molar-refractivity contribution in [2.24, 2.45) is 0 Å². The molecule has 0 radical (unpaired) electrons. The zero-order valence-electron chi connectivity index (χ0n) is 12.3. The van der Waals surface area contributed by atoms with Crippen molar-refractivity contribution in [2.45, 2.75) is 19.6 Å². The highest BCUT2D eigenvalue weighted by Gasteiger charge is 2.15. The van der Waals surface area contributed by atoms with Gasteiger partial charge in [0.1, 0.15) is 5.75 Å². The third kappa shape index (κ3) is 2.56. The molecule has 3 aromatic carbocycles. The Morgan fingerprint density at radius 1 is 0.800 bits per heavy atom. The Morgan fingerprint density at radius 2 is 1.40 bits per heavy atom. The summed E-state index contributed by atoms with van der Waals surface area (Å²) in [6.45, 7) is 6.99. The molecule has 0 aliphatic rings. The quantitative estimate of drug-likeness (QED) is 0.470. The van der Waals surface area contributed by atoms with Crippen LogP contribution >= 0.6 is 0 Å². The fourth-order valence-electron chi connectivity index (χ4n) is 2.43. The first-order chi connectivity index (χ1) is 9.54. The highest BCUT2D eigenvalue weighted by molar-refractivity contribution is 6.76. The molecule has 3 aromatic rings. The highest BCUT2D eigenvalue weighted by Crippen LogP contribution is 2.33. The zero-order valence-corrected chi connectivity index (χ0v) is 13.3. The van der Waals surface area contributed by atoms with Gasteiger partial charge in [0.15, 0.2) is 0 Å². The van der Waals surface area contributed by atoms with Crippen LogP contribution in [0.2, 0.25) is 19.6 Å². The predicted octanol–water partition coefficient (Wildman–Crippen LogP) is 5.25. The molecule has 0 amide bonds. The summed E-state index contributed by atoms with van der Waals surface area (Å²) < 4.78 is 6.15. The first-order valence-electron chi connectivity index (χ1n) is 7.08. The Kier molecular flexibility index (Phi) is 3.26. The van der Waals surface area contributed by atoms with Crippen molar-refractivity contribution in [3.63, 3.8) is 0 Å². The lowest BCUT2D eigenvalue weighted by Crippen LogP contribution is -2.30. The van der Waals surface area contributed by atoms with E-state index in [4.69, 9.17) is 4.74 Å². The van der Waals surface area contributed by atoms with Gasteiger partial charge in [-0.05, 0) is 22.2 Å². The average molecular weight is 280 g/mol. The molecule has 0 fully saturated rings. The summed E-state index contributed by atoms with van der Waals surface area (Å²) in [6.07, 6.45) is 0.856. The van der Waals surface area contributed by atoms with Gasteiger partial charge in [0.05, 0.1) is 14.3 Å². The van der Waals surface area contributed by atoms with Gasteiger partial charge < -0.3 is 4.74 Å². The minimum Gasteiger partial charge on any atom is -0.497 e. The summed E-state index contributed by atoms with van der Waals surface area (Å²) in [6, 6.07) is 19.2.